The molecule has 3 rings (SSSR count). The van der Waals surface area contributed by atoms with Crippen LogP contribution in [0.3, 0.4) is 0 Å². The minimum absolute atomic E-state index is 0.128. The fourth-order valence-corrected chi connectivity index (χ4v) is 4.35. The maximum atomic E-state index is 10.8. The number of rotatable bonds is 7. The van der Waals surface area contributed by atoms with Gasteiger partial charge in [0.15, 0.2) is 0 Å². The van der Waals surface area contributed by atoms with Crippen LogP contribution in [0.1, 0.15) is 42.4 Å². The minimum atomic E-state index is -0.785. The molecule has 0 amide bonds. The molecule has 5 heteroatoms. The van der Waals surface area contributed by atoms with Crippen molar-refractivity contribution in [3.63, 3.8) is 0 Å². The Kier molecular flexibility index (Phi) is 6.61. The van der Waals surface area contributed by atoms with Gasteiger partial charge in [0.1, 0.15) is 12.4 Å². The molecule has 27 heavy (non-hydrogen) atoms. The lowest BCUT2D eigenvalue weighted by molar-refractivity contribution is -0.136. The average molecular weight is 450 g/mol. The van der Waals surface area contributed by atoms with E-state index in [4.69, 9.17) is 21.4 Å². The van der Waals surface area contributed by atoms with Crippen molar-refractivity contribution in [1.29, 1.82) is 0 Å². The van der Waals surface area contributed by atoms with Crippen LogP contribution in [-0.4, -0.2) is 17.7 Å². The molecule has 0 bridgehead atoms. The number of carboxylic acid groups (broad SMARTS) is 1. The summed E-state index contributed by atoms with van der Waals surface area (Å²) in [6.45, 7) is 2.55. The Bertz CT molecular complexity index is 849. The van der Waals surface area contributed by atoms with Gasteiger partial charge in [-0.3, -0.25) is 4.79 Å². The molecular formula is C22H22BrClO3. The molecule has 0 saturated carbocycles. The molecule has 2 aromatic carbocycles. The van der Waals surface area contributed by atoms with E-state index in [-0.39, 0.29) is 6.42 Å². The summed E-state index contributed by atoms with van der Waals surface area (Å²) in [5, 5.41) is 9.61. The van der Waals surface area contributed by atoms with Gasteiger partial charge in [-0.25, -0.2) is 0 Å². The number of ether oxygens (including phenoxy) is 1. The van der Waals surface area contributed by atoms with Crippen LogP contribution in [0.25, 0.3) is 5.57 Å². The number of benzene rings is 2. The molecule has 0 fully saturated rings. The fourth-order valence-electron chi connectivity index (χ4n) is 3.50. The topological polar surface area (TPSA) is 46.5 Å². The monoisotopic (exact) mass is 448 g/mol. The van der Waals surface area contributed by atoms with E-state index < -0.39 is 5.97 Å². The lowest BCUT2D eigenvalue weighted by Crippen LogP contribution is -2.04. The van der Waals surface area contributed by atoms with Crippen molar-refractivity contribution in [3.8, 4) is 5.75 Å². The summed E-state index contributed by atoms with van der Waals surface area (Å²) in [6.07, 6.45) is 3.90. The van der Waals surface area contributed by atoms with E-state index in [1.807, 2.05) is 31.2 Å². The van der Waals surface area contributed by atoms with Gasteiger partial charge in [0.2, 0.25) is 0 Å². The second-order valence-corrected chi connectivity index (χ2v) is 8.14. The highest BCUT2D eigenvalue weighted by molar-refractivity contribution is 9.10. The molecule has 1 aliphatic carbocycles. The van der Waals surface area contributed by atoms with Gasteiger partial charge < -0.3 is 9.84 Å². The van der Waals surface area contributed by atoms with Crippen LogP contribution in [0.2, 0.25) is 5.02 Å². The van der Waals surface area contributed by atoms with Gasteiger partial charge >= 0.3 is 5.97 Å². The molecule has 0 aliphatic heterocycles. The van der Waals surface area contributed by atoms with Gasteiger partial charge in [-0.05, 0) is 94.6 Å². The first kappa shape index (κ1) is 20.0. The van der Waals surface area contributed by atoms with Crippen molar-refractivity contribution in [2.24, 2.45) is 0 Å². The third-order valence-electron chi connectivity index (χ3n) is 4.83. The van der Waals surface area contributed by atoms with E-state index in [0.29, 0.717) is 13.0 Å². The molecule has 0 unspecified atom stereocenters. The molecule has 1 N–H and O–H groups in total. The lowest BCUT2D eigenvalue weighted by Gasteiger charge is -2.15. The lowest BCUT2D eigenvalue weighted by atomic mass is 10.0. The van der Waals surface area contributed by atoms with E-state index in [1.165, 1.54) is 16.7 Å². The normalized spacial score (nSPS) is 13.9. The Balaban J connectivity index is 1.74. The molecular weight excluding hydrogens is 428 g/mol. The summed E-state index contributed by atoms with van der Waals surface area (Å²) in [6, 6.07) is 12.0. The van der Waals surface area contributed by atoms with Crippen LogP contribution >= 0.6 is 27.5 Å². The van der Waals surface area contributed by atoms with Crippen molar-refractivity contribution < 1.29 is 14.6 Å². The number of hydrogen-bond donors (Lipinski definition) is 1. The fraction of sp³-hybridized carbons (Fsp3) is 0.318. The Morgan fingerprint density at radius 1 is 1.22 bits per heavy atom. The first-order valence-electron chi connectivity index (χ1n) is 9.04. The Labute approximate surface area is 173 Å². The maximum absolute atomic E-state index is 10.8. The van der Waals surface area contributed by atoms with Crippen molar-refractivity contribution in [2.75, 3.05) is 6.61 Å². The zero-order chi connectivity index (χ0) is 19.4. The van der Waals surface area contributed by atoms with Gasteiger partial charge in [-0.2, -0.15) is 0 Å². The highest BCUT2D eigenvalue weighted by Gasteiger charge is 2.18. The summed E-state index contributed by atoms with van der Waals surface area (Å²) in [5.74, 6) is 0.0379. The number of allylic oxidation sites excluding steroid dienone is 1. The Hall–Kier alpha value is -1.78. The summed E-state index contributed by atoms with van der Waals surface area (Å²) in [4.78, 5) is 10.8. The Morgan fingerprint density at radius 2 is 1.96 bits per heavy atom. The van der Waals surface area contributed by atoms with E-state index in [0.717, 1.165) is 45.6 Å². The predicted octanol–water partition coefficient (Wildman–Crippen LogP) is 6.44. The van der Waals surface area contributed by atoms with Gasteiger partial charge in [0.25, 0.3) is 0 Å². The van der Waals surface area contributed by atoms with Crippen LogP contribution in [0, 0.1) is 6.92 Å². The second-order valence-electron chi connectivity index (χ2n) is 6.85. The highest BCUT2D eigenvalue weighted by Crippen LogP contribution is 2.36. The zero-order valence-electron chi connectivity index (χ0n) is 15.2. The third-order valence-corrected chi connectivity index (χ3v) is 5.67. The minimum Gasteiger partial charge on any atom is -0.488 e. The van der Waals surface area contributed by atoms with E-state index in [9.17, 15) is 4.79 Å². The first-order chi connectivity index (χ1) is 12.9. The van der Waals surface area contributed by atoms with Crippen LogP contribution in [-0.2, 0) is 11.2 Å². The second kappa shape index (κ2) is 8.94. The van der Waals surface area contributed by atoms with Crippen molar-refractivity contribution in [1.82, 2.24) is 0 Å². The predicted molar refractivity (Wildman–Crippen MR) is 113 cm³/mol. The molecule has 142 valence electrons. The summed E-state index contributed by atoms with van der Waals surface area (Å²) < 4.78 is 7.03. The third kappa shape index (κ3) is 5.14. The molecule has 2 aromatic rings. The van der Waals surface area contributed by atoms with Crippen molar-refractivity contribution in [2.45, 2.75) is 39.0 Å². The van der Waals surface area contributed by atoms with Crippen LogP contribution < -0.4 is 4.74 Å². The van der Waals surface area contributed by atoms with Crippen molar-refractivity contribution in [3.05, 3.63) is 68.2 Å². The van der Waals surface area contributed by atoms with Gasteiger partial charge in [0, 0.05) is 11.4 Å². The van der Waals surface area contributed by atoms with Gasteiger partial charge in [-0.15, -0.1) is 0 Å². The number of aliphatic carboxylic acids is 1. The Morgan fingerprint density at radius 3 is 2.63 bits per heavy atom. The summed E-state index contributed by atoms with van der Waals surface area (Å²) >= 11 is 9.58. The van der Waals surface area contributed by atoms with Gasteiger partial charge in [0.05, 0.1) is 4.47 Å². The number of hydrogen-bond acceptors (Lipinski definition) is 2. The van der Waals surface area contributed by atoms with Crippen molar-refractivity contribution >= 4 is 39.1 Å². The molecule has 0 heterocycles. The molecule has 3 nitrogen and oxygen atoms in total. The van der Waals surface area contributed by atoms with E-state index in [1.54, 1.807) is 0 Å². The molecule has 0 atom stereocenters. The van der Waals surface area contributed by atoms with Crippen LogP contribution in [0.5, 0.6) is 5.75 Å². The first-order valence-corrected chi connectivity index (χ1v) is 10.2. The standard InChI is InChI=1S/C22H22BrClO3/c1-14-11-15(5-10-21(25)26)12-20(23)22(14)27-13-17-3-2-4-19(17)16-6-8-18(24)9-7-16/h6-9,11-12H,2-5,10,13H2,1H3,(H,25,26). The van der Waals surface area contributed by atoms with Crippen LogP contribution in [0.15, 0.2) is 46.4 Å². The molecule has 0 radical (unpaired) electrons. The summed E-state index contributed by atoms with van der Waals surface area (Å²) in [5.41, 5.74) is 5.92. The highest BCUT2D eigenvalue weighted by atomic mass is 79.9. The number of carbonyl (C=O) groups is 1. The van der Waals surface area contributed by atoms with E-state index >= 15 is 0 Å². The van der Waals surface area contributed by atoms with Gasteiger partial charge in [-0.1, -0.05) is 29.8 Å². The summed E-state index contributed by atoms with van der Waals surface area (Å²) in [7, 11) is 0. The quantitative estimate of drug-likeness (QED) is 0.529. The number of halogens is 2. The maximum Gasteiger partial charge on any atom is 0.303 e. The largest absolute Gasteiger partial charge is 0.488 e. The smallest absolute Gasteiger partial charge is 0.303 e. The van der Waals surface area contributed by atoms with E-state index in [2.05, 4.69) is 28.1 Å². The molecule has 0 spiro atoms. The SMILES string of the molecule is Cc1cc(CCC(=O)O)cc(Br)c1OCC1=C(c2ccc(Cl)cc2)CCC1. The zero-order valence-corrected chi connectivity index (χ0v) is 17.6. The number of aryl methyl sites for hydroxylation is 2. The molecule has 0 saturated heterocycles. The number of carboxylic acids is 1. The average Bonchev–Trinajstić information content (AvgIpc) is 3.08. The van der Waals surface area contributed by atoms with Crippen LogP contribution in [0.4, 0.5) is 0 Å². The molecule has 0 aromatic heterocycles. The molecule has 1 aliphatic rings.